The van der Waals surface area contributed by atoms with E-state index in [4.69, 9.17) is 16.3 Å². The number of hydrogen-bond donors (Lipinski definition) is 0. The predicted octanol–water partition coefficient (Wildman–Crippen LogP) is 4.72. The van der Waals surface area contributed by atoms with Crippen molar-refractivity contribution in [3.05, 3.63) is 28.3 Å². The third kappa shape index (κ3) is 6.61. The first-order chi connectivity index (χ1) is 12.7. The van der Waals surface area contributed by atoms with E-state index in [1.807, 2.05) is 26.8 Å². The molecule has 0 aromatic heterocycles. The lowest BCUT2D eigenvalue weighted by Gasteiger charge is -2.26. The fourth-order valence-corrected chi connectivity index (χ4v) is 4.37. The van der Waals surface area contributed by atoms with Gasteiger partial charge in [-0.15, -0.1) is 11.8 Å². The number of methoxy groups -OCH3 is 1. The summed E-state index contributed by atoms with van der Waals surface area (Å²) in [7, 11) is 1.40. The molecule has 1 heterocycles. The van der Waals surface area contributed by atoms with E-state index < -0.39 is 5.60 Å². The van der Waals surface area contributed by atoms with Crippen LogP contribution in [0.2, 0.25) is 5.02 Å². The zero-order chi connectivity index (χ0) is 20.0. The number of amides is 1. The van der Waals surface area contributed by atoms with E-state index in [0.29, 0.717) is 19.5 Å². The molecule has 0 unspecified atom stereocenters. The molecule has 0 saturated heterocycles. The summed E-state index contributed by atoms with van der Waals surface area (Å²) in [5, 5.41) is 0.725. The second-order valence-corrected chi connectivity index (χ2v) is 9.02. The molecule has 27 heavy (non-hydrogen) atoms. The van der Waals surface area contributed by atoms with Crippen LogP contribution in [-0.2, 0) is 27.1 Å². The summed E-state index contributed by atoms with van der Waals surface area (Å²) < 4.78 is 10.2. The Morgan fingerprint density at radius 3 is 2.59 bits per heavy atom. The normalized spacial score (nSPS) is 14.3. The molecule has 0 spiro atoms. The van der Waals surface area contributed by atoms with Gasteiger partial charge in [0.2, 0.25) is 0 Å². The van der Waals surface area contributed by atoms with E-state index in [0.717, 1.165) is 34.9 Å². The maximum absolute atomic E-state index is 12.4. The van der Waals surface area contributed by atoms with E-state index in [2.05, 4.69) is 10.8 Å². The second-order valence-electron chi connectivity index (χ2n) is 7.51. The summed E-state index contributed by atoms with van der Waals surface area (Å²) in [6, 6.07) is 3.97. The van der Waals surface area contributed by atoms with Crippen molar-refractivity contribution in [3.8, 4) is 0 Å². The van der Waals surface area contributed by atoms with Crippen molar-refractivity contribution in [2.24, 2.45) is 0 Å². The van der Waals surface area contributed by atoms with Crippen LogP contribution in [0.5, 0.6) is 0 Å². The van der Waals surface area contributed by atoms with Gasteiger partial charge in [0, 0.05) is 24.4 Å². The molecule has 7 heteroatoms. The Morgan fingerprint density at radius 2 is 1.93 bits per heavy atom. The van der Waals surface area contributed by atoms with Gasteiger partial charge in [-0.3, -0.25) is 4.79 Å². The van der Waals surface area contributed by atoms with Crippen LogP contribution in [0.3, 0.4) is 0 Å². The van der Waals surface area contributed by atoms with Gasteiger partial charge in [-0.2, -0.15) is 0 Å². The average Bonchev–Trinajstić information content (AvgIpc) is 2.81. The van der Waals surface area contributed by atoms with Crippen LogP contribution in [0.4, 0.5) is 4.79 Å². The van der Waals surface area contributed by atoms with E-state index in [-0.39, 0.29) is 12.1 Å². The van der Waals surface area contributed by atoms with Crippen molar-refractivity contribution >= 4 is 35.4 Å². The lowest BCUT2D eigenvalue weighted by molar-refractivity contribution is -0.140. The van der Waals surface area contributed by atoms with Gasteiger partial charge in [-0.25, -0.2) is 4.79 Å². The highest BCUT2D eigenvalue weighted by molar-refractivity contribution is 7.99. The molecule has 0 saturated carbocycles. The minimum atomic E-state index is -0.500. The minimum absolute atomic E-state index is 0.193. The summed E-state index contributed by atoms with van der Waals surface area (Å²) >= 11 is 8.12. The molecule has 0 radical (unpaired) electrons. The summed E-state index contributed by atoms with van der Waals surface area (Å²) in [4.78, 5) is 26.5. The molecule has 150 valence electrons. The Hall–Kier alpha value is -1.40. The van der Waals surface area contributed by atoms with Crippen LogP contribution in [0.1, 0.15) is 44.7 Å². The highest BCUT2D eigenvalue weighted by atomic mass is 35.5. The summed E-state index contributed by atoms with van der Waals surface area (Å²) in [5.41, 5.74) is 1.93. The molecule has 0 N–H and O–H groups in total. The Bertz CT molecular complexity index is 687. The maximum Gasteiger partial charge on any atom is 0.410 e. The first-order valence-corrected chi connectivity index (χ1v) is 10.6. The molecular weight excluding hydrogens is 386 g/mol. The topological polar surface area (TPSA) is 55.8 Å². The van der Waals surface area contributed by atoms with Crippen molar-refractivity contribution in [3.63, 3.8) is 0 Å². The number of thioether (sulfide) groups is 1. The number of halogens is 1. The van der Waals surface area contributed by atoms with Crippen LogP contribution in [0.15, 0.2) is 17.0 Å². The van der Waals surface area contributed by atoms with Crippen molar-refractivity contribution in [1.82, 2.24) is 4.90 Å². The Morgan fingerprint density at radius 1 is 1.22 bits per heavy atom. The molecule has 1 aliphatic heterocycles. The molecule has 1 aromatic rings. The first-order valence-electron chi connectivity index (χ1n) is 9.19. The van der Waals surface area contributed by atoms with Crippen LogP contribution < -0.4 is 0 Å². The number of nitrogens with zero attached hydrogens (tertiary/aromatic N) is 1. The molecule has 5 nitrogen and oxygen atoms in total. The van der Waals surface area contributed by atoms with E-state index in [9.17, 15) is 9.59 Å². The van der Waals surface area contributed by atoms with E-state index in [1.165, 1.54) is 18.2 Å². The van der Waals surface area contributed by atoms with Crippen molar-refractivity contribution in [2.75, 3.05) is 26.0 Å². The van der Waals surface area contributed by atoms with Gasteiger partial charge in [0.1, 0.15) is 5.60 Å². The first kappa shape index (κ1) is 21.9. The SMILES string of the molecule is COC(=O)CCCSc1c(Cl)ccc2c1CCN(C(=O)OC(C)(C)C)CC2. The largest absolute Gasteiger partial charge is 0.469 e. The quantitative estimate of drug-likeness (QED) is 0.397. The maximum atomic E-state index is 12.4. The van der Waals surface area contributed by atoms with Gasteiger partial charge >= 0.3 is 12.1 Å². The molecule has 0 aliphatic carbocycles. The van der Waals surface area contributed by atoms with Gasteiger partial charge in [-0.1, -0.05) is 17.7 Å². The number of rotatable bonds is 5. The third-order valence-corrected chi connectivity index (χ3v) is 5.92. The average molecular weight is 414 g/mol. The van der Waals surface area contributed by atoms with Crippen molar-refractivity contribution in [1.29, 1.82) is 0 Å². The highest BCUT2D eigenvalue weighted by Gasteiger charge is 2.25. The summed E-state index contributed by atoms with van der Waals surface area (Å²) in [5.74, 6) is 0.600. The molecule has 1 amide bonds. The third-order valence-electron chi connectivity index (χ3n) is 4.24. The molecule has 1 aliphatic rings. The van der Waals surface area contributed by atoms with Crippen LogP contribution in [-0.4, -0.2) is 48.5 Å². The monoisotopic (exact) mass is 413 g/mol. The Balaban J connectivity index is 2.04. The van der Waals surface area contributed by atoms with E-state index >= 15 is 0 Å². The molecular formula is C20H28ClNO4S. The Kier molecular flexibility index (Phi) is 7.86. The Labute approximate surface area is 170 Å². The lowest BCUT2D eigenvalue weighted by atomic mass is 10.0. The number of carbonyl (C=O) groups is 2. The van der Waals surface area contributed by atoms with Gasteiger partial charge in [0.25, 0.3) is 0 Å². The van der Waals surface area contributed by atoms with Gasteiger partial charge in [-0.05, 0) is 63.0 Å². The van der Waals surface area contributed by atoms with Crippen molar-refractivity contribution < 1.29 is 19.1 Å². The number of fused-ring (bicyclic) bond motifs is 1. The number of benzene rings is 1. The number of hydrogen-bond acceptors (Lipinski definition) is 5. The molecule has 0 bridgehead atoms. The van der Waals surface area contributed by atoms with Gasteiger partial charge < -0.3 is 14.4 Å². The van der Waals surface area contributed by atoms with Gasteiger partial charge in [0.15, 0.2) is 0 Å². The van der Waals surface area contributed by atoms with Gasteiger partial charge in [0.05, 0.1) is 12.1 Å². The highest BCUT2D eigenvalue weighted by Crippen LogP contribution is 2.35. The smallest absolute Gasteiger partial charge is 0.410 e. The number of esters is 1. The molecule has 1 aromatic carbocycles. The van der Waals surface area contributed by atoms with Crippen LogP contribution in [0.25, 0.3) is 0 Å². The molecule has 0 atom stereocenters. The summed E-state index contributed by atoms with van der Waals surface area (Å²) in [6.07, 6.45) is 2.40. The fraction of sp³-hybridized carbons (Fsp3) is 0.600. The van der Waals surface area contributed by atoms with E-state index in [1.54, 1.807) is 16.7 Å². The number of ether oxygens (including phenoxy) is 2. The minimum Gasteiger partial charge on any atom is -0.469 e. The molecule has 0 fully saturated rings. The molecule has 2 rings (SSSR count). The van der Waals surface area contributed by atoms with Crippen LogP contribution in [0, 0.1) is 0 Å². The zero-order valence-corrected chi connectivity index (χ0v) is 18.0. The fourth-order valence-electron chi connectivity index (χ4n) is 2.92. The second kappa shape index (κ2) is 9.69. The standard InChI is InChI=1S/C20H28ClNO4S/c1-20(2,3)26-19(24)22-11-9-14-7-8-16(21)18(15(14)10-12-22)27-13-5-6-17(23)25-4/h7-8H,5-6,9-13H2,1-4H3. The predicted molar refractivity (Wildman–Crippen MR) is 109 cm³/mol. The van der Waals surface area contributed by atoms with Crippen LogP contribution >= 0.6 is 23.4 Å². The zero-order valence-electron chi connectivity index (χ0n) is 16.5. The summed E-state index contributed by atoms with van der Waals surface area (Å²) in [6.45, 7) is 6.87. The lowest BCUT2D eigenvalue weighted by Crippen LogP contribution is -2.38. The number of carbonyl (C=O) groups excluding carboxylic acids is 2. The van der Waals surface area contributed by atoms with Crippen molar-refractivity contribution in [2.45, 2.75) is 57.0 Å².